The Balaban J connectivity index is 2.66. The van der Waals surface area contributed by atoms with Crippen LogP contribution in [0.4, 0.5) is 0 Å². The lowest BCUT2D eigenvalue weighted by atomic mass is 10.1. The summed E-state index contributed by atoms with van der Waals surface area (Å²) in [6.45, 7) is 9.22. The minimum Gasteiger partial charge on any atom is -0.478 e. The average Bonchev–Trinajstić information content (AvgIpc) is 2.36. The van der Waals surface area contributed by atoms with Crippen molar-refractivity contribution in [2.75, 3.05) is 32.7 Å². The highest BCUT2D eigenvalue weighted by atomic mass is 16.4. The second-order valence-corrected chi connectivity index (χ2v) is 4.28. The predicted octanol–water partition coefficient (Wildman–Crippen LogP) is 0.572. The molecule has 1 fully saturated rings. The maximum atomic E-state index is 12.0. The summed E-state index contributed by atoms with van der Waals surface area (Å²) in [6.07, 6.45) is 0. The zero-order valence-electron chi connectivity index (χ0n) is 10.7. The second-order valence-electron chi connectivity index (χ2n) is 4.28. The van der Waals surface area contributed by atoms with Crippen molar-refractivity contribution in [3.05, 3.63) is 11.1 Å². The van der Waals surface area contributed by atoms with Gasteiger partial charge in [0.2, 0.25) is 5.91 Å². The monoisotopic (exact) mass is 240 g/mol. The van der Waals surface area contributed by atoms with E-state index in [1.807, 2.05) is 0 Å². The van der Waals surface area contributed by atoms with Gasteiger partial charge in [-0.25, -0.2) is 4.79 Å². The van der Waals surface area contributed by atoms with E-state index in [1.165, 1.54) is 6.92 Å². The highest BCUT2D eigenvalue weighted by Gasteiger charge is 2.23. The van der Waals surface area contributed by atoms with Crippen molar-refractivity contribution in [2.45, 2.75) is 20.8 Å². The standard InChI is InChI=1S/C12H20N2O3/c1-4-13-5-7-14(8-6-13)11(15)9(2)10(3)12(16)17/h4-8H2,1-3H3,(H,16,17). The molecular weight excluding hydrogens is 220 g/mol. The molecule has 1 amide bonds. The molecule has 0 aromatic carbocycles. The number of hydrogen-bond donors (Lipinski definition) is 1. The first-order valence-corrected chi connectivity index (χ1v) is 5.89. The second kappa shape index (κ2) is 5.82. The number of rotatable bonds is 3. The third-order valence-corrected chi connectivity index (χ3v) is 3.31. The fraction of sp³-hybridized carbons (Fsp3) is 0.667. The predicted molar refractivity (Wildman–Crippen MR) is 64.7 cm³/mol. The first-order valence-electron chi connectivity index (χ1n) is 5.89. The van der Waals surface area contributed by atoms with E-state index in [4.69, 9.17) is 5.11 Å². The van der Waals surface area contributed by atoms with Crippen LogP contribution in [0.25, 0.3) is 0 Å². The molecule has 0 unspecified atom stereocenters. The van der Waals surface area contributed by atoms with Crippen LogP contribution in [0.1, 0.15) is 20.8 Å². The van der Waals surface area contributed by atoms with Crippen LogP contribution in [0, 0.1) is 0 Å². The summed E-state index contributed by atoms with van der Waals surface area (Å²) >= 11 is 0. The molecule has 0 aliphatic carbocycles. The highest BCUT2D eigenvalue weighted by Crippen LogP contribution is 2.10. The third kappa shape index (κ3) is 3.30. The fourth-order valence-electron chi connectivity index (χ4n) is 1.83. The fourth-order valence-corrected chi connectivity index (χ4v) is 1.83. The number of aliphatic carboxylic acids is 1. The minimum absolute atomic E-state index is 0.132. The molecule has 1 heterocycles. The first kappa shape index (κ1) is 13.7. The summed E-state index contributed by atoms with van der Waals surface area (Å²) in [5, 5.41) is 8.84. The number of carboxylic acids is 1. The van der Waals surface area contributed by atoms with E-state index < -0.39 is 5.97 Å². The molecule has 0 saturated carbocycles. The van der Waals surface area contributed by atoms with Crippen LogP contribution in [-0.4, -0.2) is 59.5 Å². The molecule has 1 saturated heterocycles. The molecule has 0 aromatic heterocycles. The van der Waals surface area contributed by atoms with Crippen molar-refractivity contribution in [3.63, 3.8) is 0 Å². The van der Waals surface area contributed by atoms with Crippen LogP contribution in [0.2, 0.25) is 0 Å². The molecule has 0 radical (unpaired) electrons. The van der Waals surface area contributed by atoms with Crippen molar-refractivity contribution in [2.24, 2.45) is 0 Å². The van der Waals surface area contributed by atoms with Gasteiger partial charge in [0, 0.05) is 37.3 Å². The Labute approximate surface area is 102 Å². The smallest absolute Gasteiger partial charge is 0.331 e. The Bertz CT molecular complexity index is 342. The van der Waals surface area contributed by atoms with Gasteiger partial charge in [-0.15, -0.1) is 0 Å². The summed E-state index contributed by atoms with van der Waals surface area (Å²) in [6, 6.07) is 0. The minimum atomic E-state index is -1.02. The summed E-state index contributed by atoms with van der Waals surface area (Å²) in [5.41, 5.74) is 0.468. The Morgan fingerprint density at radius 2 is 1.59 bits per heavy atom. The molecule has 0 bridgehead atoms. The van der Waals surface area contributed by atoms with Crippen LogP contribution in [0.15, 0.2) is 11.1 Å². The van der Waals surface area contributed by atoms with Gasteiger partial charge in [-0.2, -0.15) is 0 Å². The molecule has 5 heteroatoms. The van der Waals surface area contributed by atoms with Gasteiger partial charge in [0.15, 0.2) is 0 Å². The molecule has 0 aromatic rings. The molecule has 96 valence electrons. The molecule has 1 aliphatic heterocycles. The Kier molecular flexibility index (Phi) is 4.69. The lowest BCUT2D eigenvalue weighted by molar-refractivity contribution is -0.134. The number of nitrogens with zero attached hydrogens (tertiary/aromatic N) is 2. The zero-order valence-corrected chi connectivity index (χ0v) is 10.7. The highest BCUT2D eigenvalue weighted by molar-refractivity contribution is 6.01. The molecule has 1 rings (SSSR count). The molecular formula is C12H20N2O3. The van der Waals surface area contributed by atoms with Gasteiger partial charge in [0.05, 0.1) is 0 Å². The van der Waals surface area contributed by atoms with Gasteiger partial charge in [0.1, 0.15) is 0 Å². The molecule has 17 heavy (non-hydrogen) atoms. The van der Waals surface area contributed by atoms with E-state index in [9.17, 15) is 9.59 Å². The summed E-state index contributed by atoms with van der Waals surface area (Å²) < 4.78 is 0. The Hall–Kier alpha value is -1.36. The number of piperazine rings is 1. The molecule has 1 N–H and O–H groups in total. The lowest BCUT2D eigenvalue weighted by Crippen LogP contribution is -2.48. The molecule has 0 spiro atoms. The van der Waals surface area contributed by atoms with Gasteiger partial charge >= 0.3 is 5.97 Å². The van der Waals surface area contributed by atoms with E-state index in [1.54, 1.807) is 11.8 Å². The Morgan fingerprint density at radius 3 is 2.00 bits per heavy atom. The summed E-state index contributed by atoms with van der Waals surface area (Å²) in [7, 11) is 0. The number of hydrogen-bond acceptors (Lipinski definition) is 3. The van der Waals surface area contributed by atoms with Gasteiger partial charge in [-0.3, -0.25) is 4.79 Å². The van der Waals surface area contributed by atoms with E-state index >= 15 is 0 Å². The topological polar surface area (TPSA) is 60.9 Å². The number of likely N-dealkylation sites (N-methyl/N-ethyl adjacent to an activating group) is 1. The normalized spacial score (nSPS) is 18.9. The third-order valence-electron chi connectivity index (χ3n) is 3.31. The van der Waals surface area contributed by atoms with Crippen molar-refractivity contribution >= 4 is 11.9 Å². The largest absolute Gasteiger partial charge is 0.478 e. The van der Waals surface area contributed by atoms with Crippen LogP contribution in [0.3, 0.4) is 0 Å². The zero-order chi connectivity index (χ0) is 13.0. The van der Waals surface area contributed by atoms with Gasteiger partial charge < -0.3 is 14.9 Å². The van der Waals surface area contributed by atoms with Crippen molar-refractivity contribution in [1.82, 2.24) is 9.80 Å². The maximum Gasteiger partial charge on any atom is 0.331 e. The molecule has 0 atom stereocenters. The molecule has 5 nitrogen and oxygen atoms in total. The summed E-state index contributed by atoms with van der Waals surface area (Å²) in [5.74, 6) is -1.18. The van der Waals surface area contributed by atoms with E-state index in [2.05, 4.69) is 11.8 Å². The van der Waals surface area contributed by atoms with Crippen molar-refractivity contribution < 1.29 is 14.7 Å². The SMILES string of the molecule is CCN1CCN(C(=O)C(C)=C(C)C(=O)O)CC1. The quantitative estimate of drug-likeness (QED) is 0.733. The van der Waals surface area contributed by atoms with Gasteiger partial charge in [0.25, 0.3) is 0 Å². The van der Waals surface area contributed by atoms with Gasteiger partial charge in [-0.1, -0.05) is 6.92 Å². The average molecular weight is 240 g/mol. The van der Waals surface area contributed by atoms with Crippen LogP contribution in [0.5, 0.6) is 0 Å². The number of carbonyl (C=O) groups excluding carboxylic acids is 1. The number of carboxylic acid groups (broad SMARTS) is 1. The van der Waals surface area contributed by atoms with E-state index in [0.29, 0.717) is 18.7 Å². The van der Waals surface area contributed by atoms with Crippen LogP contribution in [-0.2, 0) is 9.59 Å². The van der Waals surface area contributed by atoms with Crippen LogP contribution >= 0.6 is 0 Å². The molecule has 1 aliphatic rings. The first-order chi connectivity index (χ1) is 7.97. The van der Waals surface area contributed by atoms with Crippen LogP contribution < -0.4 is 0 Å². The van der Waals surface area contributed by atoms with E-state index in [-0.39, 0.29) is 11.5 Å². The lowest BCUT2D eigenvalue weighted by Gasteiger charge is -2.34. The Morgan fingerprint density at radius 1 is 1.06 bits per heavy atom. The maximum absolute atomic E-state index is 12.0. The van der Waals surface area contributed by atoms with Crippen molar-refractivity contribution in [3.8, 4) is 0 Å². The number of amides is 1. The van der Waals surface area contributed by atoms with E-state index in [0.717, 1.165) is 19.6 Å². The number of carbonyl (C=O) groups is 2. The van der Waals surface area contributed by atoms with Gasteiger partial charge in [-0.05, 0) is 20.4 Å². The summed E-state index contributed by atoms with van der Waals surface area (Å²) in [4.78, 5) is 26.8. The van der Waals surface area contributed by atoms with Crippen molar-refractivity contribution in [1.29, 1.82) is 0 Å².